The van der Waals surface area contributed by atoms with E-state index in [1.165, 1.54) is 5.48 Å². The van der Waals surface area contributed by atoms with E-state index in [0.29, 0.717) is 11.9 Å². The maximum Gasteiger partial charge on any atom is 0.402 e. The van der Waals surface area contributed by atoms with E-state index in [4.69, 9.17) is 15.3 Å². The van der Waals surface area contributed by atoms with Gasteiger partial charge < -0.3 is 10.5 Å². The van der Waals surface area contributed by atoms with E-state index in [2.05, 4.69) is 15.9 Å². The summed E-state index contributed by atoms with van der Waals surface area (Å²) in [4.78, 5) is 16.7. The number of aryl methyl sites for hydroxylation is 2. The molecule has 0 atom stereocenters. The van der Waals surface area contributed by atoms with Crippen LogP contribution in [0.4, 0.5) is 0 Å². The van der Waals surface area contributed by atoms with Crippen LogP contribution in [0, 0.1) is 20.0 Å². The third-order valence-electron chi connectivity index (χ3n) is 3.19. The van der Waals surface area contributed by atoms with Crippen molar-refractivity contribution in [3.8, 4) is 5.75 Å². The van der Waals surface area contributed by atoms with E-state index >= 15 is 0 Å². The van der Waals surface area contributed by atoms with Crippen molar-refractivity contribution in [1.82, 2.24) is 0 Å². The summed E-state index contributed by atoms with van der Waals surface area (Å²) in [5.74, 6) is 0.113. The molecule has 2 aromatic rings. The third-order valence-corrected chi connectivity index (χ3v) is 4.44. The Labute approximate surface area is 143 Å². The SMILES string of the molecule is Cc1cc(OCC(=O)O[NH2+][C-](N)c2ccccc2)cc(C)c1Br. The van der Waals surface area contributed by atoms with Gasteiger partial charge in [0.05, 0.1) is 0 Å². The van der Waals surface area contributed by atoms with Crippen LogP contribution in [0.25, 0.3) is 0 Å². The van der Waals surface area contributed by atoms with E-state index in [9.17, 15) is 4.79 Å². The monoisotopic (exact) mass is 378 g/mol. The quantitative estimate of drug-likeness (QED) is 0.594. The minimum atomic E-state index is -0.512. The Bertz CT molecular complexity index is 654. The third kappa shape index (κ3) is 4.99. The van der Waals surface area contributed by atoms with Crippen LogP contribution in [0.3, 0.4) is 0 Å². The summed E-state index contributed by atoms with van der Waals surface area (Å²) >= 11 is 3.49. The van der Waals surface area contributed by atoms with Gasteiger partial charge in [0.15, 0.2) is 6.61 Å². The Hall–Kier alpha value is -2.02. The molecule has 0 fully saturated rings. The predicted molar refractivity (Wildman–Crippen MR) is 90.1 cm³/mol. The molecule has 0 aliphatic rings. The standard InChI is InChI=1S/C17H19BrN2O3/c1-11-8-14(9-12(2)16(11)18)22-10-15(21)23-20-17(19)13-6-4-3-5-7-13/h3-9H,10,19-20H2,1-2H3. The zero-order valence-electron chi connectivity index (χ0n) is 13.0. The van der Waals surface area contributed by atoms with E-state index in [-0.39, 0.29) is 6.61 Å². The van der Waals surface area contributed by atoms with Crippen LogP contribution in [-0.4, -0.2) is 12.6 Å². The van der Waals surface area contributed by atoms with Gasteiger partial charge >= 0.3 is 5.97 Å². The summed E-state index contributed by atoms with van der Waals surface area (Å²) in [6.07, 6.45) is 0.384. The van der Waals surface area contributed by atoms with Crippen molar-refractivity contribution in [3.63, 3.8) is 0 Å². The maximum absolute atomic E-state index is 11.7. The van der Waals surface area contributed by atoms with Crippen molar-refractivity contribution in [3.05, 3.63) is 69.8 Å². The van der Waals surface area contributed by atoms with Gasteiger partial charge in [-0.1, -0.05) is 22.0 Å². The molecule has 0 heterocycles. The molecule has 0 spiro atoms. The average Bonchev–Trinajstić information content (AvgIpc) is 2.56. The molecule has 0 radical (unpaired) electrons. The zero-order chi connectivity index (χ0) is 16.8. The summed E-state index contributed by atoms with van der Waals surface area (Å²) in [6.45, 7) is 3.75. The summed E-state index contributed by atoms with van der Waals surface area (Å²) in [6, 6.07) is 13.0. The van der Waals surface area contributed by atoms with E-state index < -0.39 is 5.97 Å². The number of halogens is 1. The first-order valence-electron chi connectivity index (χ1n) is 7.07. The van der Waals surface area contributed by atoms with Crippen LogP contribution in [0.15, 0.2) is 46.9 Å². The van der Waals surface area contributed by atoms with Gasteiger partial charge in [-0.2, -0.15) is 17.6 Å². The second kappa shape index (κ2) is 8.01. The Balaban J connectivity index is 1.81. The first-order valence-corrected chi connectivity index (χ1v) is 7.87. The lowest BCUT2D eigenvalue weighted by atomic mass is 10.1. The molecule has 5 nitrogen and oxygen atoms in total. The predicted octanol–water partition coefficient (Wildman–Crippen LogP) is 1.96. The lowest BCUT2D eigenvalue weighted by Gasteiger charge is -2.15. The van der Waals surface area contributed by atoms with Crippen LogP contribution < -0.4 is 16.0 Å². The fourth-order valence-corrected chi connectivity index (χ4v) is 2.22. The highest BCUT2D eigenvalue weighted by Crippen LogP contribution is 2.26. The normalized spacial score (nSPS) is 10.3. The van der Waals surface area contributed by atoms with Crippen LogP contribution in [0.1, 0.15) is 16.7 Å². The molecule has 122 valence electrons. The zero-order valence-corrected chi connectivity index (χ0v) is 14.6. The molecule has 2 aromatic carbocycles. The highest BCUT2D eigenvalue weighted by molar-refractivity contribution is 9.10. The molecule has 0 aliphatic heterocycles. The molecule has 0 saturated heterocycles. The van der Waals surface area contributed by atoms with Gasteiger partial charge in [-0.25, -0.2) is 4.79 Å². The van der Waals surface area contributed by atoms with Crippen molar-refractivity contribution in [2.24, 2.45) is 5.73 Å². The average molecular weight is 379 g/mol. The number of hydrogen-bond donors (Lipinski definition) is 2. The number of hydroxylamine groups is 1. The number of nitrogens with two attached hydrogens (primary N) is 2. The summed E-state index contributed by atoms with van der Waals surface area (Å²) < 4.78 is 6.49. The first kappa shape index (κ1) is 17.3. The first-order chi connectivity index (χ1) is 11.0. The topological polar surface area (TPSA) is 78.2 Å². The molecule has 0 bridgehead atoms. The molecule has 0 saturated carbocycles. The highest BCUT2D eigenvalue weighted by atomic mass is 79.9. The number of quaternary nitrogens is 1. The van der Waals surface area contributed by atoms with Crippen molar-refractivity contribution in [2.75, 3.05) is 6.61 Å². The minimum absolute atomic E-state index is 0.181. The van der Waals surface area contributed by atoms with Crippen molar-refractivity contribution < 1.29 is 19.8 Å². The second-order valence-electron chi connectivity index (χ2n) is 5.09. The number of rotatable bonds is 6. The molecule has 4 N–H and O–H groups in total. The molecule has 0 aromatic heterocycles. The van der Waals surface area contributed by atoms with Gasteiger partial charge in [0.25, 0.3) is 0 Å². The molecule has 0 amide bonds. The van der Waals surface area contributed by atoms with E-state index in [1.807, 2.05) is 56.3 Å². The minimum Gasteiger partial charge on any atom is -0.482 e. The number of benzene rings is 2. The number of carbonyl (C=O) groups excluding carboxylic acids is 1. The van der Waals surface area contributed by atoms with Crippen molar-refractivity contribution >= 4 is 21.9 Å². The van der Waals surface area contributed by atoms with Crippen molar-refractivity contribution in [2.45, 2.75) is 13.8 Å². The van der Waals surface area contributed by atoms with Gasteiger partial charge in [-0.05, 0) is 37.1 Å². The van der Waals surface area contributed by atoms with Crippen LogP contribution >= 0.6 is 15.9 Å². The smallest absolute Gasteiger partial charge is 0.402 e. The summed E-state index contributed by atoms with van der Waals surface area (Å²) in [5, 5.41) is 0. The van der Waals surface area contributed by atoms with Crippen LogP contribution in [0.5, 0.6) is 5.75 Å². The molecule has 0 unspecified atom stereocenters. The molecule has 23 heavy (non-hydrogen) atoms. The van der Waals surface area contributed by atoms with Gasteiger partial charge in [-0.3, -0.25) is 4.84 Å². The molecule has 0 aliphatic carbocycles. The van der Waals surface area contributed by atoms with Gasteiger partial charge in [0.1, 0.15) is 11.9 Å². The number of hydrogen-bond acceptors (Lipinski definition) is 4. The molecule has 2 rings (SSSR count). The Morgan fingerprint density at radius 1 is 1.22 bits per heavy atom. The van der Waals surface area contributed by atoms with Gasteiger partial charge in [-0.15, -0.1) is 17.7 Å². The highest BCUT2D eigenvalue weighted by Gasteiger charge is 2.11. The fraction of sp³-hybridized carbons (Fsp3) is 0.176. The Morgan fingerprint density at radius 3 is 2.43 bits per heavy atom. The largest absolute Gasteiger partial charge is 0.482 e. The summed E-state index contributed by atoms with van der Waals surface area (Å²) in [5.41, 5.74) is 9.96. The van der Waals surface area contributed by atoms with Crippen LogP contribution in [0.2, 0.25) is 0 Å². The molecule has 6 heteroatoms. The van der Waals surface area contributed by atoms with Gasteiger partial charge in [0.2, 0.25) is 0 Å². The summed E-state index contributed by atoms with van der Waals surface area (Å²) in [7, 11) is 0. The number of carbonyl (C=O) groups is 1. The second-order valence-corrected chi connectivity index (χ2v) is 5.88. The van der Waals surface area contributed by atoms with Gasteiger partial charge in [0, 0.05) is 4.47 Å². The fourth-order valence-electron chi connectivity index (χ4n) is 1.99. The van der Waals surface area contributed by atoms with Crippen molar-refractivity contribution in [1.29, 1.82) is 0 Å². The molecular weight excluding hydrogens is 360 g/mol. The van der Waals surface area contributed by atoms with E-state index in [1.54, 1.807) is 0 Å². The van der Waals surface area contributed by atoms with Crippen LogP contribution in [-0.2, 0) is 9.63 Å². The number of ether oxygens (including phenoxy) is 1. The van der Waals surface area contributed by atoms with E-state index in [0.717, 1.165) is 21.2 Å². The lowest BCUT2D eigenvalue weighted by Crippen LogP contribution is -2.88. The Morgan fingerprint density at radius 2 is 1.83 bits per heavy atom. The lowest BCUT2D eigenvalue weighted by molar-refractivity contribution is -0.857. The maximum atomic E-state index is 11.7. The Kier molecular flexibility index (Phi) is 6.04. The molecular formula is C17H19BrN2O3.